The zero-order chi connectivity index (χ0) is 16.1. The van der Waals surface area contributed by atoms with Gasteiger partial charge in [-0.25, -0.2) is 4.98 Å². The second kappa shape index (κ2) is 7.02. The van der Waals surface area contributed by atoms with Gasteiger partial charge in [0.1, 0.15) is 5.82 Å². The van der Waals surface area contributed by atoms with Gasteiger partial charge in [0.05, 0.1) is 5.56 Å². The maximum absolute atomic E-state index is 12.5. The Balaban J connectivity index is 2.08. The van der Waals surface area contributed by atoms with E-state index >= 15 is 0 Å². The van der Waals surface area contributed by atoms with Gasteiger partial charge >= 0.3 is 0 Å². The molecule has 0 bridgehead atoms. The standard InChI is InChI=1S/C17H22N4O/c1-12-7-5-9-18-15(12)11-13(2)20-17(22)14-8-6-10-19-16(14)21(3)4/h5-10,13H,11H2,1-4H3,(H,20,22)/t13-/m0/s1. The number of hydrogen-bond donors (Lipinski definition) is 1. The van der Waals surface area contributed by atoms with Crippen LogP contribution in [0, 0.1) is 6.92 Å². The third kappa shape index (κ3) is 3.81. The molecule has 2 heterocycles. The van der Waals surface area contributed by atoms with Crippen LogP contribution in [0.5, 0.6) is 0 Å². The van der Waals surface area contributed by atoms with E-state index in [0.717, 1.165) is 11.3 Å². The van der Waals surface area contributed by atoms with Crippen molar-refractivity contribution in [2.24, 2.45) is 0 Å². The van der Waals surface area contributed by atoms with Crippen LogP contribution in [0.1, 0.15) is 28.5 Å². The highest BCUT2D eigenvalue weighted by atomic mass is 16.1. The van der Waals surface area contributed by atoms with E-state index in [9.17, 15) is 4.79 Å². The van der Waals surface area contributed by atoms with Gasteiger partial charge in [0, 0.05) is 44.6 Å². The van der Waals surface area contributed by atoms with Crippen LogP contribution in [0.4, 0.5) is 5.82 Å². The Bertz CT molecular complexity index is 655. The van der Waals surface area contributed by atoms with Crippen molar-refractivity contribution in [3.8, 4) is 0 Å². The average Bonchev–Trinajstić information content (AvgIpc) is 2.49. The number of carbonyl (C=O) groups excluding carboxylic acids is 1. The molecule has 116 valence electrons. The fraction of sp³-hybridized carbons (Fsp3) is 0.353. The monoisotopic (exact) mass is 298 g/mol. The highest BCUT2D eigenvalue weighted by Crippen LogP contribution is 2.14. The van der Waals surface area contributed by atoms with Crippen LogP contribution in [-0.4, -0.2) is 36.0 Å². The van der Waals surface area contributed by atoms with E-state index in [0.29, 0.717) is 17.8 Å². The zero-order valence-electron chi connectivity index (χ0n) is 13.5. The Morgan fingerprint density at radius 1 is 1.23 bits per heavy atom. The molecule has 0 aliphatic rings. The zero-order valence-corrected chi connectivity index (χ0v) is 13.5. The molecule has 5 heteroatoms. The van der Waals surface area contributed by atoms with Crippen molar-refractivity contribution in [1.82, 2.24) is 15.3 Å². The van der Waals surface area contributed by atoms with Crippen molar-refractivity contribution in [2.75, 3.05) is 19.0 Å². The number of amides is 1. The Labute approximate surface area is 131 Å². The van der Waals surface area contributed by atoms with Crippen molar-refractivity contribution in [3.63, 3.8) is 0 Å². The second-order valence-electron chi connectivity index (χ2n) is 5.61. The number of aryl methyl sites for hydroxylation is 1. The lowest BCUT2D eigenvalue weighted by atomic mass is 10.1. The van der Waals surface area contributed by atoms with E-state index in [-0.39, 0.29) is 11.9 Å². The summed E-state index contributed by atoms with van der Waals surface area (Å²) in [6.45, 7) is 4.01. The van der Waals surface area contributed by atoms with Gasteiger partial charge in [0.2, 0.25) is 0 Å². The third-order valence-corrected chi connectivity index (χ3v) is 3.45. The van der Waals surface area contributed by atoms with E-state index in [2.05, 4.69) is 15.3 Å². The summed E-state index contributed by atoms with van der Waals surface area (Å²) < 4.78 is 0. The van der Waals surface area contributed by atoms with Crippen LogP contribution in [-0.2, 0) is 6.42 Å². The predicted molar refractivity (Wildman–Crippen MR) is 88.2 cm³/mol. The van der Waals surface area contributed by atoms with E-state index in [1.54, 1.807) is 24.5 Å². The molecule has 1 amide bonds. The molecule has 0 aromatic carbocycles. The second-order valence-corrected chi connectivity index (χ2v) is 5.61. The molecule has 22 heavy (non-hydrogen) atoms. The summed E-state index contributed by atoms with van der Waals surface area (Å²) in [6.07, 6.45) is 4.17. The number of nitrogens with zero attached hydrogens (tertiary/aromatic N) is 3. The lowest BCUT2D eigenvalue weighted by Gasteiger charge is -2.18. The van der Waals surface area contributed by atoms with E-state index in [1.165, 1.54) is 0 Å². The summed E-state index contributed by atoms with van der Waals surface area (Å²) >= 11 is 0. The van der Waals surface area contributed by atoms with Gasteiger partial charge in [-0.15, -0.1) is 0 Å². The predicted octanol–water partition coefficient (Wildman–Crippen LogP) is 2.21. The Hall–Kier alpha value is -2.43. The average molecular weight is 298 g/mol. The molecule has 0 radical (unpaired) electrons. The van der Waals surface area contributed by atoms with Crippen molar-refractivity contribution in [3.05, 3.63) is 53.5 Å². The molecule has 2 aromatic rings. The Morgan fingerprint density at radius 2 is 1.91 bits per heavy atom. The molecule has 0 fully saturated rings. The SMILES string of the molecule is Cc1cccnc1C[C@H](C)NC(=O)c1cccnc1N(C)C. The van der Waals surface area contributed by atoms with Crippen LogP contribution >= 0.6 is 0 Å². The van der Waals surface area contributed by atoms with Gasteiger partial charge in [-0.3, -0.25) is 9.78 Å². The molecular weight excluding hydrogens is 276 g/mol. The number of rotatable bonds is 5. The molecule has 0 saturated heterocycles. The summed E-state index contributed by atoms with van der Waals surface area (Å²) in [5.41, 5.74) is 2.73. The first-order valence-electron chi connectivity index (χ1n) is 7.32. The number of nitrogens with one attached hydrogen (secondary N) is 1. The largest absolute Gasteiger partial charge is 0.362 e. The van der Waals surface area contributed by atoms with Gasteiger partial charge < -0.3 is 10.2 Å². The molecule has 1 N–H and O–H groups in total. The maximum atomic E-state index is 12.5. The van der Waals surface area contributed by atoms with Gasteiger partial charge in [-0.2, -0.15) is 0 Å². The summed E-state index contributed by atoms with van der Waals surface area (Å²) in [6, 6.07) is 7.51. The Kier molecular flexibility index (Phi) is 5.09. The number of carbonyl (C=O) groups is 1. The highest BCUT2D eigenvalue weighted by Gasteiger charge is 2.16. The maximum Gasteiger partial charge on any atom is 0.255 e. The van der Waals surface area contributed by atoms with Crippen LogP contribution in [0.25, 0.3) is 0 Å². The van der Waals surface area contributed by atoms with Gasteiger partial charge in [0.25, 0.3) is 5.91 Å². The van der Waals surface area contributed by atoms with Gasteiger partial charge in [0.15, 0.2) is 0 Å². The molecule has 0 aliphatic carbocycles. The van der Waals surface area contributed by atoms with Crippen molar-refractivity contribution >= 4 is 11.7 Å². The van der Waals surface area contributed by atoms with Crippen LogP contribution in [0.3, 0.4) is 0 Å². The Morgan fingerprint density at radius 3 is 2.59 bits per heavy atom. The first-order chi connectivity index (χ1) is 10.5. The fourth-order valence-corrected chi connectivity index (χ4v) is 2.31. The quantitative estimate of drug-likeness (QED) is 0.919. The molecule has 1 atom stereocenters. The first kappa shape index (κ1) is 15.9. The van der Waals surface area contributed by atoms with Crippen LogP contribution in [0.15, 0.2) is 36.7 Å². The first-order valence-corrected chi connectivity index (χ1v) is 7.32. The summed E-state index contributed by atoms with van der Waals surface area (Å²) in [4.78, 5) is 22.9. The topological polar surface area (TPSA) is 58.1 Å². The molecule has 0 aliphatic heterocycles. The highest BCUT2D eigenvalue weighted by molar-refractivity contribution is 5.98. The number of aromatic nitrogens is 2. The lowest BCUT2D eigenvalue weighted by Crippen LogP contribution is -2.35. The minimum atomic E-state index is -0.113. The van der Waals surface area contributed by atoms with E-state index in [1.807, 2.05) is 45.0 Å². The van der Waals surface area contributed by atoms with Crippen molar-refractivity contribution in [1.29, 1.82) is 0 Å². The fourth-order valence-electron chi connectivity index (χ4n) is 2.31. The van der Waals surface area contributed by atoms with Crippen molar-refractivity contribution < 1.29 is 4.79 Å². The molecule has 2 rings (SSSR count). The van der Waals surface area contributed by atoms with E-state index < -0.39 is 0 Å². The van der Waals surface area contributed by atoms with Crippen molar-refractivity contribution in [2.45, 2.75) is 26.3 Å². The summed E-state index contributed by atoms with van der Waals surface area (Å²) in [7, 11) is 3.75. The van der Waals surface area contributed by atoms with Gasteiger partial charge in [-0.1, -0.05) is 6.07 Å². The van der Waals surface area contributed by atoms with Crippen LogP contribution < -0.4 is 10.2 Å². The molecule has 2 aromatic heterocycles. The number of pyridine rings is 2. The molecule has 0 spiro atoms. The minimum absolute atomic E-state index is 0.00341. The molecule has 0 unspecified atom stereocenters. The number of hydrogen-bond acceptors (Lipinski definition) is 4. The van der Waals surface area contributed by atoms with Gasteiger partial charge in [-0.05, 0) is 37.6 Å². The molecule has 5 nitrogen and oxygen atoms in total. The van der Waals surface area contributed by atoms with E-state index in [4.69, 9.17) is 0 Å². The summed E-state index contributed by atoms with van der Waals surface area (Å²) in [5, 5.41) is 3.02. The minimum Gasteiger partial charge on any atom is -0.362 e. The van der Waals surface area contributed by atoms with Crippen LogP contribution in [0.2, 0.25) is 0 Å². The summed E-state index contributed by atoms with van der Waals surface area (Å²) in [5.74, 6) is 0.555. The smallest absolute Gasteiger partial charge is 0.255 e. The molecule has 0 saturated carbocycles. The lowest BCUT2D eigenvalue weighted by molar-refractivity contribution is 0.0940. The normalized spacial score (nSPS) is 11.8. The third-order valence-electron chi connectivity index (χ3n) is 3.45. The molecular formula is C17H22N4O. The number of anilines is 1.